The molecular formula is C23H41N. The van der Waals surface area contributed by atoms with Crippen LogP contribution in [0.4, 0.5) is 0 Å². The zero-order valence-electron chi connectivity index (χ0n) is 17.2. The van der Waals surface area contributed by atoms with Gasteiger partial charge in [-0.1, -0.05) is 58.8 Å². The molecule has 0 amide bonds. The number of nitrogens with one attached hydrogen (secondary N) is 1. The van der Waals surface area contributed by atoms with Crippen molar-refractivity contribution in [2.24, 2.45) is 29.6 Å². The molecular weight excluding hydrogens is 290 g/mol. The maximum Gasteiger partial charge on any atom is 0.0110 e. The third-order valence-electron chi connectivity index (χ3n) is 6.77. The van der Waals surface area contributed by atoms with E-state index in [1.807, 2.05) is 0 Å². The van der Waals surface area contributed by atoms with E-state index in [1.54, 1.807) is 11.1 Å². The van der Waals surface area contributed by atoms with Gasteiger partial charge in [-0.25, -0.2) is 0 Å². The van der Waals surface area contributed by atoms with Gasteiger partial charge in [-0.3, -0.25) is 0 Å². The molecule has 0 bridgehead atoms. The minimum absolute atomic E-state index is 0.594. The highest BCUT2D eigenvalue weighted by molar-refractivity contribution is 5.32. The monoisotopic (exact) mass is 331 g/mol. The van der Waals surface area contributed by atoms with Crippen LogP contribution in [0.3, 0.4) is 0 Å². The van der Waals surface area contributed by atoms with Crippen molar-refractivity contribution in [2.45, 2.75) is 92.7 Å². The molecule has 2 fully saturated rings. The first-order valence-electron chi connectivity index (χ1n) is 10.5. The predicted molar refractivity (Wildman–Crippen MR) is 107 cm³/mol. The van der Waals surface area contributed by atoms with Gasteiger partial charge in [0.25, 0.3) is 0 Å². The zero-order chi connectivity index (χ0) is 17.9. The molecule has 0 spiro atoms. The van der Waals surface area contributed by atoms with E-state index < -0.39 is 0 Å². The maximum absolute atomic E-state index is 4.06. The lowest BCUT2D eigenvalue weighted by atomic mass is 9.71. The molecule has 24 heavy (non-hydrogen) atoms. The quantitative estimate of drug-likeness (QED) is 0.578. The van der Waals surface area contributed by atoms with Gasteiger partial charge in [-0.2, -0.15) is 0 Å². The van der Waals surface area contributed by atoms with Crippen LogP contribution >= 0.6 is 0 Å². The Bertz CT molecular complexity index is 441. The lowest BCUT2D eigenvalue weighted by Gasteiger charge is -2.36. The Morgan fingerprint density at radius 2 is 1.88 bits per heavy atom. The van der Waals surface area contributed by atoms with Crippen LogP contribution in [0.5, 0.6) is 0 Å². The number of fused-ring (bicyclic) bond motifs is 1. The molecule has 1 N–H and O–H groups in total. The molecule has 1 saturated heterocycles. The molecule has 0 aromatic carbocycles. The summed E-state index contributed by atoms with van der Waals surface area (Å²) in [6.07, 6.45) is 11.6. The van der Waals surface area contributed by atoms with Crippen LogP contribution in [0.2, 0.25) is 0 Å². The van der Waals surface area contributed by atoms with Gasteiger partial charge in [-0.15, -0.1) is 0 Å². The van der Waals surface area contributed by atoms with E-state index in [9.17, 15) is 0 Å². The van der Waals surface area contributed by atoms with E-state index in [0.29, 0.717) is 23.8 Å². The minimum atomic E-state index is 0.594. The third kappa shape index (κ3) is 4.15. The molecule has 1 heterocycles. The number of rotatable bonds is 5. The summed E-state index contributed by atoms with van der Waals surface area (Å²) in [4.78, 5) is 0. The number of hydrogen-bond acceptors (Lipinski definition) is 1. The Balaban J connectivity index is 2.45. The first-order chi connectivity index (χ1) is 11.4. The van der Waals surface area contributed by atoms with Crippen LogP contribution in [0, 0.1) is 29.6 Å². The zero-order valence-corrected chi connectivity index (χ0v) is 17.2. The summed E-state index contributed by atoms with van der Waals surface area (Å²) in [7, 11) is 0. The lowest BCUT2D eigenvalue weighted by Crippen LogP contribution is -2.42. The van der Waals surface area contributed by atoms with Crippen molar-refractivity contribution in [1.29, 1.82) is 0 Å². The Kier molecular flexibility index (Phi) is 7.16. The molecule has 1 aliphatic heterocycles. The van der Waals surface area contributed by atoms with Crippen molar-refractivity contribution in [3.63, 3.8) is 0 Å². The fourth-order valence-electron chi connectivity index (χ4n) is 5.50. The first-order valence-corrected chi connectivity index (χ1v) is 10.5. The van der Waals surface area contributed by atoms with Crippen molar-refractivity contribution in [3.05, 3.63) is 23.3 Å². The van der Waals surface area contributed by atoms with Crippen LogP contribution < -0.4 is 5.32 Å². The summed E-state index contributed by atoms with van der Waals surface area (Å²) in [6.45, 7) is 16.7. The molecule has 6 unspecified atom stereocenters. The average Bonchev–Trinajstić information content (AvgIpc) is 2.91. The van der Waals surface area contributed by atoms with Crippen LogP contribution in [0.25, 0.3) is 0 Å². The second-order valence-electron chi connectivity index (χ2n) is 8.87. The smallest absolute Gasteiger partial charge is 0.0110 e. The molecule has 0 radical (unpaired) electrons. The number of hydrogen-bond donors (Lipinski definition) is 1. The van der Waals surface area contributed by atoms with Gasteiger partial charge in [0.15, 0.2) is 0 Å². The summed E-state index contributed by atoms with van der Waals surface area (Å²) in [5.41, 5.74) is 3.35. The summed E-state index contributed by atoms with van der Waals surface area (Å²) in [6, 6.07) is 1.37. The van der Waals surface area contributed by atoms with Crippen molar-refractivity contribution >= 4 is 0 Å². The number of allylic oxidation sites excluding steroid dienone is 3. The summed E-state index contributed by atoms with van der Waals surface area (Å²) in [5.74, 6) is 3.65. The second-order valence-corrected chi connectivity index (χ2v) is 8.87. The SMILES string of the molecule is C/C=C/C(=C(\C(C)CC)C1C(C)CC2CCCC2NC1C)C(C)C. The molecule has 138 valence electrons. The molecule has 1 saturated carbocycles. The van der Waals surface area contributed by atoms with E-state index in [2.05, 4.69) is 65.9 Å². The fraction of sp³-hybridized carbons (Fsp3) is 0.826. The highest BCUT2D eigenvalue weighted by Crippen LogP contribution is 2.43. The Hall–Kier alpha value is -0.560. The Morgan fingerprint density at radius 1 is 1.17 bits per heavy atom. The molecule has 2 rings (SSSR count). The van der Waals surface area contributed by atoms with Crippen LogP contribution in [-0.2, 0) is 0 Å². The Morgan fingerprint density at radius 3 is 2.46 bits per heavy atom. The largest absolute Gasteiger partial charge is 0.311 e. The fourth-order valence-corrected chi connectivity index (χ4v) is 5.50. The van der Waals surface area contributed by atoms with Crippen molar-refractivity contribution in [1.82, 2.24) is 5.32 Å². The highest BCUT2D eigenvalue weighted by Gasteiger charge is 2.40. The van der Waals surface area contributed by atoms with Gasteiger partial charge in [0.2, 0.25) is 0 Å². The van der Waals surface area contributed by atoms with E-state index >= 15 is 0 Å². The molecule has 0 aromatic heterocycles. The normalized spacial score (nSPS) is 36.6. The Labute approximate surface area is 151 Å². The highest BCUT2D eigenvalue weighted by atomic mass is 15.0. The van der Waals surface area contributed by atoms with E-state index in [-0.39, 0.29) is 0 Å². The van der Waals surface area contributed by atoms with Crippen LogP contribution in [0.1, 0.15) is 80.6 Å². The predicted octanol–water partition coefficient (Wildman–Crippen LogP) is 6.36. The van der Waals surface area contributed by atoms with Crippen LogP contribution in [0.15, 0.2) is 23.3 Å². The van der Waals surface area contributed by atoms with Gasteiger partial charge >= 0.3 is 0 Å². The van der Waals surface area contributed by atoms with E-state index in [1.165, 1.54) is 32.1 Å². The molecule has 2 aliphatic rings. The van der Waals surface area contributed by atoms with Crippen LogP contribution in [-0.4, -0.2) is 12.1 Å². The summed E-state index contributed by atoms with van der Waals surface area (Å²) < 4.78 is 0. The van der Waals surface area contributed by atoms with Crippen molar-refractivity contribution < 1.29 is 0 Å². The van der Waals surface area contributed by atoms with Crippen molar-refractivity contribution in [3.8, 4) is 0 Å². The summed E-state index contributed by atoms with van der Waals surface area (Å²) >= 11 is 0. The maximum atomic E-state index is 4.06. The second kappa shape index (κ2) is 8.70. The van der Waals surface area contributed by atoms with E-state index in [4.69, 9.17) is 0 Å². The van der Waals surface area contributed by atoms with Gasteiger partial charge in [0.1, 0.15) is 0 Å². The molecule has 0 aromatic rings. The van der Waals surface area contributed by atoms with E-state index in [0.717, 1.165) is 17.9 Å². The summed E-state index contributed by atoms with van der Waals surface area (Å²) in [5, 5.41) is 4.06. The average molecular weight is 332 g/mol. The third-order valence-corrected chi connectivity index (χ3v) is 6.77. The molecule has 1 aliphatic carbocycles. The van der Waals surface area contributed by atoms with Crippen molar-refractivity contribution in [2.75, 3.05) is 0 Å². The lowest BCUT2D eigenvalue weighted by molar-refractivity contribution is 0.298. The standard InChI is InChI=1S/C23H41N/c1-8-11-20(15(3)4)23(16(5)9-2)22-17(6)14-19-12-10-13-21(19)24-18(22)7/h8,11,15-19,21-22,24H,9-10,12-14H2,1-7H3/b11-8+,23-20-. The molecule has 1 nitrogen and oxygen atoms in total. The van der Waals surface area contributed by atoms with Gasteiger partial charge in [0.05, 0.1) is 0 Å². The topological polar surface area (TPSA) is 12.0 Å². The minimum Gasteiger partial charge on any atom is -0.311 e. The molecule has 6 atom stereocenters. The van der Waals surface area contributed by atoms with Gasteiger partial charge in [-0.05, 0) is 74.7 Å². The first kappa shape index (κ1) is 19.8. The van der Waals surface area contributed by atoms with Gasteiger partial charge in [0, 0.05) is 12.1 Å². The molecule has 1 heteroatoms. The van der Waals surface area contributed by atoms with Gasteiger partial charge < -0.3 is 5.32 Å².